The van der Waals surface area contributed by atoms with Crippen LogP contribution in [0.15, 0.2) is 29.1 Å². The zero-order chi connectivity index (χ0) is 14.0. The van der Waals surface area contributed by atoms with Gasteiger partial charge in [-0.3, -0.25) is 4.79 Å². The fourth-order valence-corrected chi connectivity index (χ4v) is 2.09. The van der Waals surface area contributed by atoms with Crippen molar-refractivity contribution in [3.8, 4) is 0 Å². The molecule has 0 amide bonds. The number of H-pyrrole nitrogens is 1. The second-order valence-corrected chi connectivity index (χ2v) is 4.40. The topological polar surface area (TPSA) is 70.2 Å². The number of carbonyl (C=O) groups is 1. The Balaban J connectivity index is 2.72. The maximum atomic E-state index is 11.9. The van der Waals surface area contributed by atoms with Crippen LogP contribution in [0.4, 0.5) is 0 Å². The van der Waals surface area contributed by atoms with Gasteiger partial charge in [0.1, 0.15) is 0 Å². The first kappa shape index (κ1) is 13.1. The monoisotopic (exact) mass is 257 g/mol. The molecule has 0 saturated heterocycles. The molecule has 4 heteroatoms. The van der Waals surface area contributed by atoms with Gasteiger partial charge >= 0.3 is 5.97 Å². The van der Waals surface area contributed by atoms with Crippen LogP contribution >= 0.6 is 0 Å². The number of aliphatic carboxylic acids is 1. The number of hydrogen-bond donors (Lipinski definition) is 2. The lowest BCUT2D eigenvalue weighted by Gasteiger charge is -2.07. The van der Waals surface area contributed by atoms with E-state index in [1.165, 1.54) is 11.6 Å². The van der Waals surface area contributed by atoms with E-state index in [2.05, 4.69) is 11.9 Å². The largest absolute Gasteiger partial charge is 0.478 e. The van der Waals surface area contributed by atoms with Crippen LogP contribution in [0.5, 0.6) is 0 Å². The van der Waals surface area contributed by atoms with Gasteiger partial charge in [0.15, 0.2) is 0 Å². The summed E-state index contributed by atoms with van der Waals surface area (Å²) in [4.78, 5) is 25.3. The molecule has 1 heterocycles. The van der Waals surface area contributed by atoms with E-state index in [0.717, 1.165) is 29.0 Å². The highest BCUT2D eigenvalue weighted by molar-refractivity contribution is 5.89. The molecule has 4 nitrogen and oxygen atoms in total. The Hall–Kier alpha value is -2.36. The number of nitrogens with one attached hydrogen (secondary N) is 1. The van der Waals surface area contributed by atoms with Gasteiger partial charge in [0.25, 0.3) is 5.56 Å². The average Bonchev–Trinajstić information content (AvgIpc) is 2.38. The van der Waals surface area contributed by atoms with Crippen LogP contribution in [0.25, 0.3) is 17.0 Å². The van der Waals surface area contributed by atoms with Crippen LogP contribution in [0, 0.1) is 6.92 Å². The molecule has 1 aromatic carbocycles. The molecule has 0 spiro atoms. The summed E-state index contributed by atoms with van der Waals surface area (Å²) in [6.45, 7) is 3.89. The van der Waals surface area contributed by atoms with Crippen molar-refractivity contribution in [2.24, 2.45) is 0 Å². The Morgan fingerprint density at radius 2 is 2.16 bits per heavy atom. The maximum Gasteiger partial charge on any atom is 0.328 e. The third-order valence-corrected chi connectivity index (χ3v) is 3.19. The van der Waals surface area contributed by atoms with E-state index in [-0.39, 0.29) is 5.56 Å². The summed E-state index contributed by atoms with van der Waals surface area (Å²) in [6, 6.07) is 5.89. The number of aryl methyl sites for hydroxylation is 2. The lowest BCUT2D eigenvalue weighted by molar-refractivity contribution is -0.131. The van der Waals surface area contributed by atoms with Gasteiger partial charge in [-0.1, -0.05) is 13.0 Å². The molecule has 2 aromatic rings. The molecular weight excluding hydrogens is 242 g/mol. The van der Waals surface area contributed by atoms with Gasteiger partial charge < -0.3 is 10.1 Å². The number of pyridine rings is 1. The van der Waals surface area contributed by atoms with Crippen LogP contribution in [-0.4, -0.2) is 16.1 Å². The van der Waals surface area contributed by atoms with E-state index < -0.39 is 5.97 Å². The fourth-order valence-electron chi connectivity index (χ4n) is 2.09. The van der Waals surface area contributed by atoms with Gasteiger partial charge in [-0.05, 0) is 42.7 Å². The molecule has 0 saturated carbocycles. The Labute approximate surface area is 110 Å². The van der Waals surface area contributed by atoms with Crippen molar-refractivity contribution < 1.29 is 9.90 Å². The smallest absolute Gasteiger partial charge is 0.328 e. The van der Waals surface area contributed by atoms with Gasteiger partial charge in [0, 0.05) is 22.5 Å². The molecule has 0 radical (unpaired) electrons. The standard InChI is InChI=1S/C15H15NO3/c1-3-10-4-6-13-12(8-10)9(2)11(15(19)16-13)5-7-14(17)18/h4-8H,3H2,1-2H3,(H,16,19)(H,17,18)/b7-5+. The van der Waals surface area contributed by atoms with Crippen LogP contribution < -0.4 is 5.56 Å². The van der Waals surface area contributed by atoms with Gasteiger partial charge in [0.05, 0.1) is 0 Å². The Kier molecular flexibility index (Phi) is 3.51. The summed E-state index contributed by atoms with van der Waals surface area (Å²) in [7, 11) is 0. The van der Waals surface area contributed by atoms with Crippen molar-refractivity contribution in [1.29, 1.82) is 0 Å². The molecule has 2 N–H and O–H groups in total. The molecule has 0 aliphatic carbocycles. The third-order valence-electron chi connectivity index (χ3n) is 3.19. The summed E-state index contributed by atoms with van der Waals surface area (Å²) in [5.41, 5.74) is 2.87. The minimum absolute atomic E-state index is 0.272. The van der Waals surface area contributed by atoms with Crippen LogP contribution in [0.2, 0.25) is 0 Å². The third kappa shape index (κ3) is 2.57. The average molecular weight is 257 g/mol. The SMILES string of the molecule is CCc1ccc2[nH]c(=O)c(/C=C/C(=O)O)c(C)c2c1. The van der Waals surface area contributed by atoms with E-state index in [1.807, 2.05) is 25.1 Å². The minimum Gasteiger partial charge on any atom is -0.478 e. The zero-order valence-corrected chi connectivity index (χ0v) is 10.9. The van der Waals surface area contributed by atoms with Crippen LogP contribution in [0.3, 0.4) is 0 Å². The molecule has 2 rings (SSSR count). The molecule has 0 bridgehead atoms. The van der Waals surface area contributed by atoms with Crippen molar-refractivity contribution in [2.75, 3.05) is 0 Å². The normalized spacial score (nSPS) is 11.3. The van der Waals surface area contributed by atoms with Crippen molar-refractivity contribution >= 4 is 22.9 Å². The van der Waals surface area contributed by atoms with E-state index in [4.69, 9.17) is 5.11 Å². The van der Waals surface area contributed by atoms with E-state index in [1.54, 1.807) is 0 Å². The summed E-state index contributed by atoms with van der Waals surface area (Å²) in [5, 5.41) is 9.60. The maximum absolute atomic E-state index is 11.9. The fraction of sp³-hybridized carbons (Fsp3) is 0.200. The number of aromatic amines is 1. The van der Waals surface area contributed by atoms with Crippen LogP contribution in [-0.2, 0) is 11.2 Å². The first-order valence-corrected chi connectivity index (χ1v) is 6.09. The van der Waals surface area contributed by atoms with Gasteiger partial charge in [-0.2, -0.15) is 0 Å². The van der Waals surface area contributed by atoms with E-state index in [9.17, 15) is 9.59 Å². The second-order valence-electron chi connectivity index (χ2n) is 4.40. The predicted molar refractivity (Wildman–Crippen MR) is 75.4 cm³/mol. The summed E-state index contributed by atoms with van der Waals surface area (Å²) in [5.74, 6) is -1.07. The van der Waals surface area contributed by atoms with Crippen molar-refractivity contribution in [2.45, 2.75) is 20.3 Å². The van der Waals surface area contributed by atoms with Crippen molar-refractivity contribution in [3.63, 3.8) is 0 Å². The van der Waals surface area contributed by atoms with Gasteiger partial charge in [-0.15, -0.1) is 0 Å². The molecule has 1 aromatic heterocycles. The molecule has 98 valence electrons. The number of fused-ring (bicyclic) bond motifs is 1. The summed E-state index contributed by atoms with van der Waals surface area (Å²) >= 11 is 0. The van der Waals surface area contributed by atoms with Gasteiger partial charge in [0.2, 0.25) is 0 Å². The van der Waals surface area contributed by atoms with Gasteiger partial charge in [-0.25, -0.2) is 4.79 Å². The lowest BCUT2D eigenvalue weighted by atomic mass is 10.0. The second kappa shape index (κ2) is 5.10. The predicted octanol–water partition coefficient (Wildman–Crippen LogP) is 2.50. The number of carboxylic acids is 1. The molecule has 19 heavy (non-hydrogen) atoms. The number of aromatic nitrogens is 1. The quantitative estimate of drug-likeness (QED) is 0.830. The highest BCUT2D eigenvalue weighted by atomic mass is 16.4. The first-order chi connectivity index (χ1) is 9.02. The number of carboxylic acid groups (broad SMARTS) is 1. The molecule has 0 fully saturated rings. The van der Waals surface area contributed by atoms with Crippen molar-refractivity contribution in [1.82, 2.24) is 4.98 Å². The Morgan fingerprint density at radius 1 is 1.42 bits per heavy atom. The highest BCUT2D eigenvalue weighted by Gasteiger charge is 2.07. The lowest BCUT2D eigenvalue weighted by Crippen LogP contribution is -2.12. The molecule has 0 aliphatic heterocycles. The Bertz CT molecular complexity index is 726. The number of hydrogen-bond acceptors (Lipinski definition) is 2. The van der Waals surface area contributed by atoms with Crippen molar-refractivity contribution in [3.05, 3.63) is 51.3 Å². The Morgan fingerprint density at radius 3 is 2.79 bits per heavy atom. The highest BCUT2D eigenvalue weighted by Crippen LogP contribution is 2.20. The molecular formula is C15H15NO3. The summed E-state index contributed by atoms with van der Waals surface area (Å²) in [6.07, 6.45) is 3.23. The van der Waals surface area contributed by atoms with E-state index >= 15 is 0 Å². The molecule has 0 aliphatic rings. The van der Waals surface area contributed by atoms with E-state index in [0.29, 0.717) is 5.56 Å². The molecule has 0 unspecified atom stereocenters. The summed E-state index contributed by atoms with van der Waals surface area (Å²) < 4.78 is 0. The van der Waals surface area contributed by atoms with Crippen LogP contribution in [0.1, 0.15) is 23.6 Å². The zero-order valence-electron chi connectivity index (χ0n) is 10.9. The minimum atomic E-state index is -1.07. The first-order valence-electron chi connectivity index (χ1n) is 6.09. The number of rotatable bonds is 3. The number of benzene rings is 1. The molecule has 0 atom stereocenters.